The number of ether oxygens (including phenoxy) is 1. The monoisotopic (exact) mass is 389 g/mol. The molecule has 5 heteroatoms. The first-order valence-corrected chi connectivity index (χ1v) is 8.58. The van der Waals surface area contributed by atoms with Crippen LogP contribution in [0.1, 0.15) is 27.7 Å². The molecule has 0 aliphatic rings. The van der Waals surface area contributed by atoms with E-state index in [0.29, 0.717) is 18.7 Å². The van der Waals surface area contributed by atoms with Crippen molar-refractivity contribution < 1.29 is 14.3 Å². The molecular weight excluding hydrogens is 370 g/mol. The van der Waals surface area contributed by atoms with Crippen LogP contribution in [0.15, 0.2) is 54.6 Å². The molecule has 0 saturated heterocycles. The van der Waals surface area contributed by atoms with Gasteiger partial charge in [-0.2, -0.15) is 0 Å². The van der Waals surface area contributed by atoms with Crippen molar-refractivity contribution >= 4 is 33.4 Å². The Morgan fingerprint density at radius 3 is 2.29 bits per heavy atom. The zero-order valence-electron chi connectivity index (χ0n) is 13.7. The number of rotatable bonds is 7. The normalized spacial score (nSPS) is 11.6. The number of likely N-dealkylation sites (N-methyl/N-ethyl adjacent to an activating group) is 1. The third kappa shape index (κ3) is 4.93. The number of hydrogen-bond acceptors (Lipinski definition) is 4. The number of Topliss-reactive ketones (excluding diaryl/α,β-unsaturated/α-hetero) is 1. The van der Waals surface area contributed by atoms with Crippen molar-refractivity contribution in [1.29, 1.82) is 0 Å². The van der Waals surface area contributed by atoms with E-state index in [1.165, 1.54) is 6.92 Å². The molecule has 0 bridgehead atoms. The lowest BCUT2D eigenvalue weighted by atomic mass is 10.0. The lowest BCUT2D eigenvalue weighted by molar-refractivity contribution is -0.140. The fourth-order valence-electron chi connectivity index (χ4n) is 2.26. The summed E-state index contributed by atoms with van der Waals surface area (Å²) >= 11 is 3.47. The average Bonchev–Trinajstić information content (AvgIpc) is 2.61. The molecule has 24 heavy (non-hydrogen) atoms. The highest BCUT2D eigenvalue weighted by molar-refractivity contribution is 9.09. The molecule has 0 amide bonds. The van der Waals surface area contributed by atoms with Crippen LogP contribution in [0.4, 0.5) is 5.69 Å². The Balaban J connectivity index is 2.00. The number of esters is 1. The van der Waals surface area contributed by atoms with Crippen LogP contribution in [0.2, 0.25) is 0 Å². The summed E-state index contributed by atoms with van der Waals surface area (Å²) in [5.74, 6) is -0.260. The molecule has 2 rings (SSSR count). The Labute approximate surface area is 150 Å². The zero-order valence-corrected chi connectivity index (χ0v) is 15.3. The minimum atomic E-state index is -0.355. The lowest BCUT2D eigenvalue weighted by Crippen LogP contribution is -2.23. The fourth-order valence-corrected chi connectivity index (χ4v) is 2.82. The molecule has 4 nitrogen and oxygen atoms in total. The van der Waals surface area contributed by atoms with Gasteiger partial charge in [0, 0.05) is 25.2 Å². The van der Waals surface area contributed by atoms with E-state index in [2.05, 4.69) is 15.9 Å². The first-order chi connectivity index (χ1) is 11.5. The summed E-state index contributed by atoms with van der Waals surface area (Å²) in [5.41, 5.74) is 2.55. The molecule has 126 valence electrons. The van der Waals surface area contributed by atoms with Gasteiger partial charge in [0.25, 0.3) is 0 Å². The van der Waals surface area contributed by atoms with Crippen molar-refractivity contribution in [3.63, 3.8) is 0 Å². The molecule has 0 saturated carbocycles. The first-order valence-electron chi connectivity index (χ1n) is 7.67. The molecule has 1 atom stereocenters. The van der Waals surface area contributed by atoms with Gasteiger partial charge in [0.15, 0.2) is 5.78 Å². The standard InChI is InChI=1S/C19H20BrNO3/c1-14(22)24-13-12-21(2)17-10-8-16(9-11-17)19(23)18(20)15-6-4-3-5-7-15/h3-11,18H,12-13H2,1-2H3. The molecule has 1 unspecified atom stereocenters. The number of hydrogen-bond donors (Lipinski definition) is 0. The molecule has 0 spiro atoms. The lowest BCUT2D eigenvalue weighted by Gasteiger charge is -2.19. The van der Waals surface area contributed by atoms with Crippen LogP contribution in [0.25, 0.3) is 0 Å². The van der Waals surface area contributed by atoms with E-state index in [0.717, 1.165) is 11.3 Å². The minimum absolute atomic E-state index is 0.0234. The maximum absolute atomic E-state index is 12.6. The first kappa shape index (κ1) is 18.2. The van der Waals surface area contributed by atoms with Crippen LogP contribution in [-0.2, 0) is 9.53 Å². The van der Waals surface area contributed by atoms with Gasteiger partial charge in [-0.3, -0.25) is 9.59 Å². The summed E-state index contributed by atoms with van der Waals surface area (Å²) in [6.07, 6.45) is 0. The van der Waals surface area contributed by atoms with E-state index < -0.39 is 0 Å². The van der Waals surface area contributed by atoms with Crippen LogP contribution in [0.3, 0.4) is 0 Å². The van der Waals surface area contributed by atoms with Crippen LogP contribution in [0.5, 0.6) is 0 Å². The number of nitrogens with zero attached hydrogens (tertiary/aromatic N) is 1. The summed E-state index contributed by atoms with van der Waals surface area (Å²) in [7, 11) is 1.91. The van der Waals surface area contributed by atoms with Crippen molar-refractivity contribution in [2.45, 2.75) is 11.8 Å². The Morgan fingerprint density at radius 1 is 1.08 bits per heavy atom. The van der Waals surface area contributed by atoms with Crippen LogP contribution >= 0.6 is 15.9 Å². The van der Waals surface area contributed by atoms with Crippen molar-refractivity contribution in [2.24, 2.45) is 0 Å². The SMILES string of the molecule is CC(=O)OCCN(C)c1ccc(C(=O)C(Br)c2ccccc2)cc1. The highest BCUT2D eigenvalue weighted by Gasteiger charge is 2.18. The van der Waals surface area contributed by atoms with E-state index >= 15 is 0 Å². The molecule has 0 heterocycles. The van der Waals surface area contributed by atoms with Gasteiger partial charge in [0.2, 0.25) is 0 Å². The largest absolute Gasteiger partial charge is 0.464 e. The predicted molar refractivity (Wildman–Crippen MR) is 98.8 cm³/mol. The number of carbonyl (C=O) groups excluding carboxylic acids is 2. The third-order valence-corrected chi connectivity index (χ3v) is 4.59. The Bertz CT molecular complexity index is 686. The molecular formula is C19H20BrNO3. The fraction of sp³-hybridized carbons (Fsp3) is 0.263. The second kappa shape index (κ2) is 8.64. The van der Waals surface area contributed by atoms with Gasteiger partial charge in [-0.25, -0.2) is 0 Å². The van der Waals surface area contributed by atoms with Gasteiger partial charge >= 0.3 is 5.97 Å². The second-order valence-electron chi connectivity index (χ2n) is 5.45. The molecule has 2 aromatic carbocycles. The summed E-state index contributed by atoms with van der Waals surface area (Å²) in [6.45, 7) is 2.33. The van der Waals surface area contributed by atoms with Crippen LogP contribution < -0.4 is 4.90 Å². The van der Waals surface area contributed by atoms with Gasteiger partial charge in [-0.15, -0.1) is 0 Å². The number of ketones is 1. The Kier molecular flexibility index (Phi) is 6.55. The predicted octanol–water partition coefficient (Wildman–Crippen LogP) is 4.00. The van der Waals surface area contributed by atoms with Crippen molar-refractivity contribution in [2.75, 3.05) is 25.1 Å². The molecule has 0 aromatic heterocycles. The number of alkyl halides is 1. The van der Waals surface area contributed by atoms with E-state index in [4.69, 9.17) is 4.74 Å². The van der Waals surface area contributed by atoms with E-state index in [9.17, 15) is 9.59 Å². The zero-order chi connectivity index (χ0) is 17.5. The molecule has 0 fully saturated rings. The number of carbonyl (C=O) groups is 2. The van der Waals surface area contributed by atoms with Gasteiger partial charge in [0.1, 0.15) is 11.4 Å². The average molecular weight is 390 g/mol. The number of anilines is 1. The number of benzene rings is 2. The number of halogens is 1. The summed E-state index contributed by atoms with van der Waals surface area (Å²) < 4.78 is 4.94. The van der Waals surface area contributed by atoms with Gasteiger partial charge in [-0.1, -0.05) is 46.3 Å². The van der Waals surface area contributed by atoms with Gasteiger partial charge in [0.05, 0.1) is 6.54 Å². The maximum atomic E-state index is 12.6. The summed E-state index contributed by atoms with van der Waals surface area (Å²) in [5, 5.41) is 0. The van der Waals surface area contributed by atoms with Gasteiger partial charge < -0.3 is 9.64 Å². The molecule has 0 radical (unpaired) electrons. The van der Waals surface area contributed by atoms with Crippen molar-refractivity contribution in [3.05, 3.63) is 65.7 Å². The van der Waals surface area contributed by atoms with Gasteiger partial charge in [-0.05, 0) is 29.8 Å². The topological polar surface area (TPSA) is 46.6 Å². The second-order valence-corrected chi connectivity index (χ2v) is 6.36. The summed E-state index contributed by atoms with van der Waals surface area (Å²) in [4.78, 5) is 25.0. The van der Waals surface area contributed by atoms with Crippen molar-refractivity contribution in [1.82, 2.24) is 0 Å². The van der Waals surface area contributed by atoms with E-state index in [1.54, 1.807) is 0 Å². The third-order valence-electron chi connectivity index (χ3n) is 3.65. The quantitative estimate of drug-likeness (QED) is 0.407. The smallest absolute Gasteiger partial charge is 0.302 e. The molecule has 0 aliphatic carbocycles. The summed E-state index contributed by atoms with van der Waals surface area (Å²) in [6, 6.07) is 17.0. The highest BCUT2D eigenvalue weighted by Crippen LogP contribution is 2.27. The molecule has 0 aliphatic heterocycles. The Hall–Kier alpha value is -2.14. The van der Waals surface area contributed by atoms with Crippen LogP contribution in [0, 0.1) is 0 Å². The van der Waals surface area contributed by atoms with Crippen LogP contribution in [-0.4, -0.2) is 32.0 Å². The Morgan fingerprint density at radius 2 is 1.71 bits per heavy atom. The maximum Gasteiger partial charge on any atom is 0.302 e. The van der Waals surface area contributed by atoms with E-state index in [-0.39, 0.29) is 16.6 Å². The van der Waals surface area contributed by atoms with Crippen molar-refractivity contribution in [3.8, 4) is 0 Å². The highest BCUT2D eigenvalue weighted by atomic mass is 79.9. The minimum Gasteiger partial charge on any atom is -0.464 e. The molecule has 0 N–H and O–H groups in total. The van der Waals surface area contributed by atoms with E-state index in [1.807, 2.05) is 66.5 Å². The molecule has 2 aromatic rings.